The maximum Gasteiger partial charge on any atom is 0.0624 e. The zero-order chi connectivity index (χ0) is 15.5. The first-order valence-electron chi connectivity index (χ1n) is 8.12. The van der Waals surface area contributed by atoms with Crippen molar-refractivity contribution in [1.29, 1.82) is 0 Å². The minimum absolute atomic E-state index is 0.413. The van der Waals surface area contributed by atoms with Gasteiger partial charge in [-0.25, -0.2) is 0 Å². The van der Waals surface area contributed by atoms with Crippen LogP contribution in [0.5, 0.6) is 0 Å². The summed E-state index contributed by atoms with van der Waals surface area (Å²) in [6.07, 6.45) is 6.10. The fourth-order valence-electron chi connectivity index (χ4n) is 3.73. The third-order valence-corrected chi connectivity index (χ3v) is 5.81. The van der Waals surface area contributed by atoms with Crippen LogP contribution in [0.4, 0.5) is 0 Å². The lowest BCUT2D eigenvalue weighted by Gasteiger charge is -2.35. The Bertz CT molecular complexity index is 470. The Balaban J connectivity index is 2.18. The lowest BCUT2D eigenvalue weighted by Crippen LogP contribution is -2.42. The molecule has 0 heterocycles. The fourth-order valence-corrected chi connectivity index (χ4v) is 4.13. The van der Waals surface area contributed by atoms with E-state index in [0.717, 1.165) is 24.4 Å². The summed E-state index contributed by atoms with van der Waals surface area (Å²) in [5.41, 5.74) is 1.58. The Morgan fingerprint density at radius 1 is 1.33 bits per heavy atom. The predicted molar refractivity (Wildman–Crippen MR) is 93.4 cm³/mol. The van der Waals surface area contributed by atoms with Gasteiger partial charge in [-0.15, -0.1) is 0 Å². The second kappa shape index (κ2) is 7.35. The topological polar surface area (TPSA) is 12.0 Å². The second-order valence-corrected chi connectivity index (χ2v) is 7.75. The molecule has 0 amide bonds. The van der Waals surface area contributed by atoms with E-state index in [2.05, 4.69) is 32.2 Å². The van der Waals surface area contributed by atoms with Gasteiger partial charge in [0.05, 0.1) is 10.0 Å². The average molecular weight is 328 g/mol. The molecule has 118 valence electrons. The summed E-state index contributed by atoms with van der Waals surface area (Å²) >= 11 is 12.6. The third kappa shape index (κ3) is 4.15. The Morgan fingerprint density at radius 3 is 2.71 bits per heavy atom. The molecular weight excluding hydrogens is 301 g/mol. The maximum atomic E-state index is 6.39. The Labute approximate surface area is 139 Å². The van der Waals surface area contributed by atoms with Crippen molar-refractivity contribution in [2.45, 2.75) is 58.9 Å². The van der Waals surface area contributed by atoms with Crippen molar-refractivity contribution in [3.05, 3.63) is 33.8 Å². The highest BCUT2D eigenvalue weighted by atomic mass is 35.5. The molecule has 21 heavy (non-hydrogen) atoms. The summed E-state index contributed by atoms with van der Waals surface area (Å²) in [5.74, 6) is 0.707. The van der Waals surface area contributed by atoms with Crippen molar-refractivity contribution >= 4 is 23.2 Å². The molecule has 0 saturated heterocycles. The maximum absolute atomic E-state index is 6.39. The first kappa shape index (κ1) is 17.1. The molecule has 1 saturated carbocycles. The summed E-state index contributed by atoms with van der Waals surface area (Å²) < 4.78 is 0. The summed E-state index contributed by atoms with van der Waals surface area (Å²) in [6.45, 7) is 8.10. The zero-order valence-electron chi connectivity index (χ0n) is 13.4. The second-order valence-electron chi connectivity index (χ2n) is 6.96. The van der Waals surface area contributed by atoms with E-state index in [1.165, 1.54) is 24.8 Å². The SMILES string of the molecule is CCCNC(Cc1cccc(Cl)c1Cl)C1CCCC1(C)C. The minimum Gasteiger partial charge on any atom is -0.313 e. The van der Waals surface area contributed by atoms with Crippen LogP contribution in [-0.4, -0.2) is 12.6 Å². The Morgan fingerprint density at radius 2 is 2.10 bits per heavy atom. The van der Waals surface area contributed by atoms with Gasteiger partial charge in [0.1, 0.15) is 0 Å². The van der Waals surface area contributed by atoms with Gasteiger partial charge in [-0.05, 0) is 55.2 Å². The smallest absolute Gasteiger partial charge is 0.0624 e. The highest BCUT2D eigenvalue weighted by Gasteiger charge is 2.39. The van der Waals surface area contributed by atoms with Gasteiger partial charge in [-0.1, -0.05) is 62.5 Å². The molecule has 0 bridgehead atoms. The molecule has 1 N–H and O–H groups in total. The molecule has 1 aliphatic rings. The average Bonchev–Trinajstić information content (AvgIpc) is 2.79. The highest BCUT2D eigenvalue weighted by Crippen LogP contribution is 2.45. The molecule has 0 aromatic heterocycles. The molecule has 2 rings (SSSR count). The van der Waals surface area contributed by atoms with Gasteiger partial charge < -0.3 is 5.32 Å². The van der Waals surface area contributed by atoms with Crippen molar-refractivity contribution in [2.75, 3.05) is 6.54 Å². The van der Waals surface area contributed by atoms with E-state index >= 15 is 0 Å². The van der Waals surface area contributed by atoms with Crippen LogP contribution in [0.1, 0.15) is 52.0 Å². The summed E-state index contributed by atoms with van der Waals surface area (Å²) in [6, 6.07) is 6.46. The molecule has 0 spiro atoms. The van der Waals surface area contributed by atoms with Gasteiger partial charge in [0.15, 0.2) is 0 Å². The van der Waals surface area contributed by atoms with E-state index < -0.39 is 0 Å². The van der Waals surface area contributed by atoms with Crippen LogP contribution in [0.25, 0.3) is 0 Å². The summed E-state index contributed by atoms with van der Waals surface area (Å²) in [7, 11) is 0. The predicted octanol–water partition coefficient (Wildman–Crippen LogP) is 5.73. The number of benzene rings is 1. The van der Waals surface area contributed by atoms with Crippen LogP contribution in [0.2, 0.25) is 10.0 Å². The third-order valence-electron chi connectivity index (χ3n) is 4.95. The molecule has 1 aromatic carbocycles. The summed E-state index contributed by atoms with van der Waals surface area (Å²) in [4.78, 5) is 0. The van der Waals surface area contributed by atoms with Crippen molar-refractivity contribution in [1.82, 2.24) is 5.32 Å². The quantitative estimate of drug-likeness (QED) is 0.703. The van der Waals surface area contributed by atoms with Crippen molar-refractivity contribution < 1.29 is 0 Å². The lowest BCUT2D eigenvalue weighted by atomic mass is 9.76. The van der Waals surface area contributed by atoms with Crippen LogP contribution in [0.3, 0.4) is 0 Å². The molecule has 1 aromatic rings. The van der Waals surface area contributed by atoms with E-state index in [9.17, 15) is 0 Å². The van der Waals surface area contributed by atoms with Gasteiger partial charge in [0.25, 0.3) is 0 Å². The van der Waals surface area contributed by atoms with Crippen LogP contribution < -0.4 is 5.32 Å². The van der Waals surface area contributed by atoms with E-state index in [0.29, 0.717) is 22.4 Å². The molecule has 0 radical (unpaired) electrons. The standard InChI is InChI=1S/C18H27Cl2N/c1-4-11-21-16(14-8-6-10-18(14,2)3)12-13-7-5-9-15(19)17(13)20/h5,7,9,14,16,21H,4,6,8,10-12H2,1-3H3. The molecule has 0 aliphatic heterocycles. The molecule has 2 atom stereocenters. The van der Waals surface area contributed by atoms with Gasteiger partial charge in [-0.3, -0.25) is 0 Å². The molecule has 1 aliphatic carbocycles. The number of nitrogens with one attached hydrogen (secondary N) is 1. The Hall–Kier alpha value is -0.240. The highest BCUT2D eigenvalue weighted by molar-refractivity contribution is 6.42. The van der Waals surface area contributed by atoms with Crippen LogP contribution in [0.15, 0.2) is 18.2 Å². The molecule has 1 nitrogen and oxygen atoms in total. The fraction of sp³-hybridized carbons (Fsp3) is 0.667. The van der Waals surface area contributed by atoms with Gasteiger partial charge >= 0.3 is 0 Å². The van der Waals surface area contributed by atoms with E-state index in [1.807, 2.05) is 12.1 Å². The lowest BCUT2D eigenvalue weighted by molar-refractivity contribution is 0.195. The summed E-state index contributed by atoms with van der Waals surface area (Å²) in [5, 5.41) is 5.14. The van der Waals surface area contributed by atoms with Crippen LogP contribution >= 0.6 is 23.2 Å². The number of rotatable bonds is 6. The minimum atomic E-state index is 0.413. The number of halogens is 2. The van der Waals surface area contributed by atoms with E-state index in [1.54, 1.807) is 0 Å². The first-order chi connectivity index (χ1) is 9.95. The van der Waals surface area contributed by atoms with Crippen molar-refractivity contribution in [3.8, 4) is 0 Å². The monoisotopic (exact) mass is 327 g/mol. The largest absolute Gasteiger partial charge is 0.313 e. The number of hydrogen-bond acceptors (Lipinski definition) is 1. The molecule has 3 heteroatoms. The Kier molecular flexibility index (Phi) is 5.99. The van der Waals surface area contributed by atoms with Gasteiger partial charge in [-0.2, -0.15) is 0 Å². The molecule has 1 fully saturated rings. The van der Waals surface area contributed by atoms with Crippen LogP contribution in [-0.2, 0) is 6.42 Å². The number of hydrogen-bond donors (Lipinski definition) is 1. The van der Waals surface area contributed by atoms with E-state index in [-0.39, 0.29) is 0 Å². The van der Waals surface area contributed by atoms with Crippen molar-refractivity contribution in [2.24, 2.45) is 11.3 Å². The normalized spacial score (nSPS) is 22.4. The van der Waals surface area contributed by atoms with Crippen molar-refractivity contribution in [3.63, 3.8) is 0 Å². The molecular formula is C18H27Cl2N. The van der Waals surface area contributed by atoms with Gasteiger partial charge in [0, 0.05) is 6.04 Å². The first-order valence-corrected chi connectivity index (χ1v) is 8.87. The molecule has 2 unspecified atom stereocenters. The zero-order valence-corrected chi connectivity index (χ0v) is 14.9. The van der Waals surface area contributed by atoms with Crippen LogP contribution in [0, 0.1) is 11.3 Å². The van der Waals surface area contributed by atoms with Gasteiger partial charge in [0.2, 0.25) is 0 Å². The van der Waals surface area contributed by atoms with E-state index in [4.69, 9.17) is 23.2 Å².